The van der Waals surface area contributed by atoms with Crippen LogP contribution in [0.2, 0.25) is 0 Å². The van der Waals surface area contributed by atoms with E-state index in [1.54, 1.807) is 0 Å². The molecule has 1 aliphatic heterocycles. The molecule has 0 radical (unpaired) electrons. The molecule has 1 aliphatic carbocycles. The highest BCUT2D eigenvalue weighted by Gasteiger charge is 2.35. The summed E-state index contributed by atoms with van der Waals surface area (Å²) in [5, 5.41) is 1.56. The summed E-state index contributed by atoms with van der Waals surface area (Å²) >= 11 is 0. The maximum atomic E-state index is 14.4. The van der Waals surface area contributed by atoms with Gasteiger partial charge in [0.15, 0.2) is 0 Å². The largest absolute Gasteiger partial charge is 0.321 e. The van der Waals surface area contributed by atoms with Gasteiger partial charge in [-0.05, 0) is 51.7 Å². The number of benzene rings is 1. The Hall–Kier alpha value is -2.06. The van der Waals surface area contributed by atoms with Crippen LogP contribution in [0.1, 0.15) is 45.5 Å². The molecule has 2 fully saturated rings. The molecule has 1 saturated carbocycles. The minimum Gasteiger partial charge on any atom is -0.321 e. The number of nitrogens with zero attached hydrogens (tertiary/aromatic N) is 4. The van der Waals surface area contributed by atoms with E-state index in [0.717, 1.165) is 38.1 Å². The number of fused-ring (bicyclic) bond motifs is 1. The van der Waals surface area contributed by atoms with Gasteiger partial charge >= 0.3 is 0 Å². The van der Waals surface area contributed by atoms with E-state index >= 15 is 0 Å². The van der Waals surface area contributed by atoms with E-state index in [1.165, 1.54) is 4.68 Å². The number of aromatic nitrogens is 2. The summed E-state index contributed by atoms with van der Waals surface area (Å²) in [4.78, 5) is 20.0. The molecule has 1 atom stereocenters. The van der Waals surface area contributed by atoms with Crippen LogP contribution in [-0.2, 0) is 0 Å². The summed E-state index contributed by atoms with van der Waals surface area (Å²) in [5.41, 5.74) is 5.58. The topological polar surface area (TPSA) is 67.4 Å². The molecular weight excluding hydrogens is 364 g/mol. The summed E-state index contributed by atoms with van der Waals surface area (Å²) < 4.78 is 30.2. The van der Waals surface area contributed by atoms with Crippen LogP contribution in [0.4, 0.5) is 8.78 Å². The average Bonchev–Trinajstić information content (AvgIpc) is 3.48. The predicted molar refractivity (Wildman–Crippen MR) is 105 cm³/mol. The van der Waals surface area contributed by atoms with Gasteiger partial charge in [0.25, 0.3) is 5.56 Å². The van der Waals surface area contributed by atoms with Gasteiger partial charge in [0.1, 0.15) is 28.4 Å². The van der Waals surface area contributed by atoms with Gasteiger partial charge in [-0.25, -0.2) is 18.4 Å². The Morgan fingerprint density at radius 2 is 1.71 bits per heavy atom. The van der Waals surface area contributed by atoms with Crippen LogP contribution in [0.3, 0.4) is 0 Å². The highest BCUT2D eigenvalue weighted by molar-refractivity contribution is 5.79. The molecule has 8 heteroatoms. The normalized spacial score (nSPS) is 20.0. The molecule has 1 aromatic heterocycles. The highest BCUT2D eigenvalue weighted by Crippen LogP contribution is 2.39. The lowest BCUT2D eigenvalue weighted by Gasteiger charge is -2.43. The molecule has 1 saturated heterocycles. The number of piperazine rings is 1. The quantitative estimate of drug-likeness (QED) is 0.868. The zero-order valence-corrected chi connectivity index (χ0v) is 16.6. The molecule has 2 aromatic rings. The number of nitrogens with two attached hydrogens (primary N) is 1. The van der Waals surface area contributed by atoms with Crippen LogP contribution in [0.5, 0.6) is 0 Å². The van der Waals surface area contributed by atoms with Crippen LogP contribution in [0.15, 0.2) is 16.9 Å². The van der Waals surface area contributed by atoms with Crippen LogP contribution >= 0.6 is 0 Å². The second kappa shape index (κ2) is 6.77. The zero-order valence-electron chi connectivity index (χ0n) is 16.6. The van der Waals surface area contributed by atoms with Crippen LogP contribution < -0.4 is 16.3 Å². The number of halogens is 2. The summed E-state index contributed by atoms with van der Waals surface area (Å²) in [6.07, 6.45) is 1.91. The fraction of sp³-hybridized carbons (Fsp3) is 0.600. The molecule has 0 amide bonds. The molecule has 0 spiro atoms. The predicted octanol–water partition coefficient (Wildman–Crippen LogP) is 2.14. The van der Waals surface area contributed by atoms with E-state index < -0.39 is 23.2 Å². The molecular formula is C20H27F2N5O. The van der Waals surface area contributed by atoms with Gasteiger partial charge < -0.3 is 10.7 Å². The first-order chi connectivity index (χ1) is 13.2. The Morgan fingerprint density at radius 3 is 2.29 bits per heavy atom. The Kier molecular flexibility index (Phi) is 4.66. The Bertz CT molecular complexity index is 956. The number of hydrogen-bond donors (Lipinski definition) is 1. The van der Waals surface area contributed by atoms with E-state index in [-0.39, 0.29) is 22.4 Å². The maximum Gasteiger partial charge on any atom is 0.283 e. The van der Waals surface area contributed by atoms with Gasteiger partial charge in [-0.2, -0.15) is 0 Å². The van der Waals surface area contributed by atoms with E-state index in [9.17, 15) is 13.6 Å². The summed E-state index contributed by atoms with van der Waals surface area (Å²) in [6, 6.07) is 1.51. The first-order valence-corrected chi connectivity index (χ1v) is 9.85. The molecule has 4 rings (SSSR count). The van der Waals surface area contributed by atoms with Crippen LogP contribution in [0, 0.1) is 17.6 Å². The van der Waals surface area contributed by atoms with Crippen molar-refractivity contribution in [3.05, 3.63) is 39.9 Å². The third-order valence-electron chi connectivity index (χ3n) is 5.84. The zero-order chi connectivity index (χ0) is 20.2. The minimum atomic E-state index is -0.762. The molecule has 2 aliphatic rings. The van der Waals surface area contributed by atoms with Crippen molar-refractivity contribution in [3.63, 3.8) is 0 Å². The minimum absolute atomic E-state index is 0.0289. The summed E-state index contributed by atoms with van der Waals surface area (Å²) in [7, 11) is 0. The van der Waals surface area contributed by atoms with Crippen molar-refractivity contribution in [2.24, 2.45) is 11.7 Å². The van der Waals surface area contributed by atoms with Crippen molar-refractivity contribution in [1.29, 1.82) is 0 Å². The van der Waals surface area contributed by atoms with Crippen molar-refractivity contribution in [1.82, 2.24) is 14.6 Å². The second-order valence-electron chi connectivity index (χ2n) is 8.81. The fourth-order valence-electron chi connectivity index (χ4n) is 3.95. The molecule has 0 bridgehead atoms. The molecule has 152 valence electrons. The number of rotatable bonds is 3. The second-order valence-corrected chi connectivity index (χ2v) is 8.81. The molecule has 6 nitrogen and oxygen atoms in total. The first-order valence-electron chi connectivity index (χ1n) is 9.85. The van der Waals surface area contributed by atoms with Crippen LogP contribution in [-0.4, -0.2) is 46.3 Å². The summed E-state index contributed by atoms with van der Waals surface area (Å²) in [6.45, 7) is 9.16. The fourth-order valence-corrected chi connectivity index (χ4v) is 3.95. The van der Waals surface area contributed by atoms with E-state index in [2.05, 4.69) is 30.7 Å². The lowest BCUT2D eigenvalue weighted by molar-refractivity contribution is 0.119. The molecule has 1 aromatic carbocycles. The highest BCUT2D eigenvalue weighted by atomic mass is 19.1. The van der Waals surface area contributed by atoms with E-state index in [4.69, 9.17) is 5.73 Å². The van der Waals surface area contributed by atoms with Crippen LogP contribution in [0.25, 0.3) is 10.9 Å². The Labute approximate surface area is 162 Å². The number of hydrogen-bond acceptors (Lipinski definition) is 5. The molecule has 2 N–H and O–H groups in total. The first kappa shape index (κ1) is 19.3. The monoisotopic (exact) mass is 391 g/mol. The third-order valence-corrected chi connectivity index (χ3v) is 5.84. The third kappa shape index (κ3) is 3.28. The lowest BCUT2D eigenvalue weighted by atomic mass is 10.1. The lowest BCUT2D eigenvalue weighted by Crippen LogP contribution is -2.59. The van der Waals surface area contributed by atoms with Gasteiger partial charge in [0, 0.05) is 31.7 Å². The molecule has 0 unspecified atom stereocenters. The van der Waals surface area contributed by atoms with Gasteiger partial charge in [-0.1, -0.05) is 0 Å². The summed E-state index contributed by atoms with van der Waals surface area (Å²) in [5.74, 6) is -0.915. The van der Waals surface area contributed by atoms with Gasteiger partial charge in [0.05, 0.1) is 6.04 Å². The van der Waals surface area contributed by atoms with E-state index in [1.807, 2.05) is 5.01 Å². The van der Waals surface area contributed by atoms with Gasteiger partial charge in [0.2, 0.25) is 0 Å². The average molecular weight is 391 g/mol. The SMILES string of the molecule is CC(C)(C)N1CCN(n2c([C@@H](N)C3CC3)nc3c(F)ccc(F)c3c2=O)CC1. The van der Waals surface area contributed by atoms with Crippen molar-refractivity contribution in [2.45, 2.75) is 45.2 Å². The Morgan fingerprint density at radius 1 is 1.11 bits per heavy atom. The van der Waals surface area contributed by atoms with Gasteiger partial charge in [-0.3, -0.25) is 9.69 Å². The van der Waals surface area contributed by atoms with Crippen molar-refractivity contribution < 1.29 is 8.78 Å². The van der Waals surface area contributed by atoms with Gasteiger partial charge in [-0.15, -0.1) is 0 Å². The molecule has 28 heavy (non-hydrogen) atoms. The maximum absolute atomic E-state index is 14.4. The smallest absolute Gasteiger partial charge is 0.283 e. The Balaban J connectivity index is 1.82. The van der Waals surface area contributed by atoms with E-state index in [0.29, 0.717) is 18.9 Å². The molecule has 2 heterocycles. The standard InChI is InChI=1S/C20H27F2N5O/c1-20(2,3)25-8-10-26(11-9-25)27-18(16(23)12-4-5-12)24-17-14(22)7-6-13(21)15(17)19(27)28/h6-7,12,16H,4-5,8-11,23H2,1-3H3/t16-/m0/s1. The van der Waals surface area contributed by atoms with Crippen molar-refractivity contribution in [3.8, 4) is 0 Å². The van der Waals surface area contributed by atoms with Crippen molar-refractivity contribution >= 4 is 10.9 Å². The van der Waals surface area contributed by atoms with Crippen molar-refractivity contribution in [2.75, 3.05) is 31.2 Å².